The minimum absolute atomic E-state index is 0.00505. The molecule has 18 heavy (non-hydrogen) atoms. The van der Waals surface area contributed by atoms with Crippen LogP contribution in [0, 0.1) is 10.6 Å². The minimum atomic E-state index is 0.00505. The second-order valence-electron chi connectivity index (χ2n) is 4.86. The number of rotatable bonds is 0. The smallest absolute Gasteiger partial charge is 0.267 e. The Hall–Kier alpha value is -1.68. The Labute approximate surface area is 110 Å². The lowest BCUT2D eigenvalue weighted by Gasteiger charge is -2.25. The van der Waals surface area contributed by atoms with E-state index in [1.54, 1.807) is 4.68 Å². The molecule has 0 aliphatic carbocycles. The Morgan fingerprint density at radius 1 is 1.28 bits per heavy atom. The third-order valence-corrected chi connectivity index (χ3v) is 4.07. The van der Waals surface area contributed by atoms with Gasteiger partial charge in [0.25, 0.3) is 5.56 Å². The standard InChI is InChI=1S/C14H14N2OS/c1-9-7-15-13(17)11-5-3-4-6-12(11)14(18)16(15)8-10(9)2/h3-7,10H,8H2,1-2H3/t10-/m0/s1. The number of hydrogen-bond acceptors (Lipinski definition) is 2. The normalized spacial score (nSPS) is 18.6. The first-order valence-corrected chi connectivity index (χ1v) is 6.43. The zero-order valence-electron chi connectivity index (χ0n) is 10.4. The van der Waals surface area contributed by atoms with Crippen LogP contribution in [0.1, 0.15) is 13.8 Å². The number of aromatic nitrogens is 2. The summed E-state index contributed by atoms with van der Waals surface area (Å²) in [6.07, 6.45) is 1.90. The average Bonchev–Trinajstić information content (AvgIpc) is 2.38. The van der Waals surface area contributed by atoms with Crippen LogP contribution in [0.15, 0.2) is 34.6 Å². The molecule has 0 unspecified atom stereocenters. The minimum Gasteiger partial charge on any atom is -0.267 e. The van der Waals surface area contributed by atoms with Crippen LogP contribution in [0.4, 0.5) is 0 Å². The highest BCUT2D eigenvalue weighted by atomic mass is 32.1. The van der Waals surface area contributed by atoms with Gasteiger partial charge in [0.05, 0.1) is 5.39 Å². The van der Waals surface area contributed by atoms with Crippen LogP contribution < -0.4 is 5.56 Å². The zero-order chi connectivity index (χ0) is 12.9. The molecule has 2 aromatic rings. The van der Waals surface area contributed by atoms with Crippen molar-refractivity contribution in [3.8, 4) is 0 Å². The van der Waals surface area contributed by atoms with Crippen molar-refractivity contribution in [3.63, 3.8) is 0 Å². The molecule has 0 radical (unpaired) electrons. The van der Waals surface area contributed by atoms with E-state index in [9.17, 15) is 4.79 Å². The Kier molecular flexibility index (Phi) is 2.48. The van der Waals surface area contributed by atoms with Gasteiger partial charge in [-0.25, -0.2) is 4.68 Å². The van der Waals surface area contributed by atoms with Gasteiger partial charge in [0.2, 0.25) is 0 Å². The monoisotopic (exact) mass is 258 g/mol. The predicted molar refractivity (Wildman–Crippen MR) is 76.1 cm³/mol. The van der Waals surface area contributed by atoms with Gasteiger partial charge in [-0.2, -0.15) is 0 Å². The maximum absolute atomic E-state index is 12.4. The maximum Gasteiger partial charge on any atom is 0.277 e. The van der Waals surface area contributed by atoms with E-state index in [1.807, 2.05) is 35.1 Å². The molecule has 0 spiro atoms. The summed E-state index contributed by atoms with van der Waals surface area (Å²) >= 11 is 5.51. The fraction of sp³-hybridized carbons (Fsp3) is 0.286. The first-order valence-electron chi connectivity index (χ1n) is 6.02. The molecule has 1 aromatic heterocycles. The van der Waals surface area contributed by atoms with Crippen molar-refractivity contribution < 1.29 is 0 Å². The van der Waals surface area contributed by atoms with E-state index < -0.39 is 0 Å². The summed E-state index contributed by atoms with van der Waals surface area (Å²) in [5, 5.41) is 1.56. The molecule has 0 bridgehead atoms. The van der Waals surface area contributed by atoms with Crippen molar-refractivity contribution in [3.05, 3.63) is 44.8 Å². The van der Waals surface area contributed by atoms with Gasteiger partial charge in [-0.3, -0.25) is 9.48 Å². The van der Waals surface area contributed by atoms with E-state index in [-0.39, 0.29) is 5.56 Å². The van der Waals surface area contributed by atoms with E-state index in [0.29, 0.717) is 11.3 Å². The Balaban J connectivity index is 2.52. The van der Waals surface area contributed by atoms with Gasteiger partial charge in [0, 0.05) is 18.1 Å². The van der Waals surface area contributed by atoms with Crippen LogP contribution in [0.5, 0.6) is 0 Å². The van der Waals surface area contributed by atoms with Gasteiger partial charge in [-0.15, -0.1) is 0 Å². The number of benzene rings is 1. The summed E-state index contributed by atoms with van der Waals surface area (Å²) in [5.41, 5.74) is 1.22. The fourth-order valence-electron chi connectivity index (χ4n) is 2.35. The first kappa shape index (κ1) is 11.4. The summed E-state index contributed by atoms with van der Waals surface area (Å²) in [5.74, 6) is 0.414. The molecule has 0 saturated heterocycles. The van der Waals surface area contributed by atoms with Crippen molar-refractivity contribution in [2.45, 2.75) is 20.4 Å². The lowest BCUT2D eigenvalue weighted by Crippen LogP contribution is -2.32. The number of allylic oxidation sites excluding steroid dienone is 1. The highest BCUT2D eigenvalue weighted by molar-refractivity contribution is 7.71. The molecule has 2 heterocycles. The molecule has 3 nitrogen and oxygen atoms in total. The van der Waals surface area contributed by atoms with Crippen LogP contribution in [0.25, 0.3) is 17.0 Å². The highest BCUT2D eigenvalue weighted by Crippen LogP contribution is 2.20. The summed E-state index contributed by atoms with van der Waals surface area (Å²) in [6, 6.07) is 7.55. The third-order valence-electron chi connectivity index (χ3n) is 3.64. The fourth-order valence-corrected chi connectivity index (χ4v) is 2.69. The molecular weight excluding hydrogens is 244 g/mol. The van der Waals surface area contributed by atoms with Gasteiger partial charge in [-0.05, 0) is 18.9 Å². The van der Waals surface area contributed by atoms with E-state index in [0.717, 1.165) is 16.6 Å². The molecule has 1 aromatic carbocycles. The third kappa shape index (κ3) is 1.49. The Morgan fingerprint density at radius 2 is 1.94 bits per heavy atom. The second kappa shape index (κ2) is 3.92. The van der Waals surface area contributed by atoms with Crippen LogP contribution in [0.3, 0.4) is 0 Å². The lowest BCUT2D eigenvalue weighted by molar-refractivity contribution is 0.434. The molecule has 1 aliphatic rings. The lowest BCUT2D eigenvalue weighted by atomic mass is 10.0. The second-order valence-corrected chi connectivity index (χ2v) is 5.24. The maximum atomic E-state index is 12.4. The van der Waals surface area contributed by atoms with Gasteiger partial charge in [0.15, 0.2) is 0 Å². The quantitative estimate of drug-likeness (QED) is 0.679. The van der Waals surface area contributed by atoms with Gasteiger partial charge in [0.1, 0.15) is 4.64 Å². The van der Waals surface area contributed by atoms with Crippen LogP contribution in [0.2, 0.25) is 0 Å². The van der Waals surface area contributed by atoms with Crippen LogP contribution in [-0.2, 0) is 6.54 Å². The van der Waals surface area contributed by atoms with Crippen molar-refractivity contribution >= 4 is 29.2 Å². The van der Waals surface area contributed by atoms with Crippen LogP contribution >= 0.6 is 12.2 Å². The molecular formula is C14H14N2OS. The molecule has 1 atom stereocenters. The SMILES string of the molecule is CC1=Cn2c(=O)c3ccccc3c(=S)n2C[C@@H]1C. The summed E-state index contributed by atoms with van der Waals surface area (Å²) < 4.78 is 4.29. The van der Waals surface area contributed by atoms with E-state index in [1.165, 1.54) is 5.57 Å². The van der Waals surface area contributed by atoms with E-state index in [4.69, 9.17) is 12.2 Å². The first-order chi connectivity index (χ1) is 8.59. The molecule has 1 aliphatic heterocycles. The summed E-state index contributed by atoms with van der Waals surface area (Å²) in [4.78, 5) is 12.4. The molecule has 3 rings (SSSR count). The molecule has 0 N–H and O–H groups in total. The molecule has 0 fully saturated rings. The van der Waals surface area contributed by atoms with Crippen molar-refractivity contribution in [2.75, 3.05) is 0 Å². The van der Waals surface area contributed by atoms with Crippen molar-refractivity contribution in [2.24, 2.45) is 5.92 Å². The highest BCUT2D eigenvalue weighted by Gasteiger charge is 2.17. The molecule has 0 amide bonds. The van der Waals surface area contributed by atoms with Gasteiger partial charge in [-0.1, -0.05) is 42.9 Å². The summed E-state index contributed by atoms with van der Waals surface area (Å²) in [7, 11) is 0. The number of nitrogens with zero attached hydrogens (tertiary/aromatic N) is 2. The molecule has 92 valence electrons. The number of hydrogen-bond donors (Lipinski definition) is 0. The molecule has 0 saturated carbocycles. The topological polar surface area (TPSA) is 26.9 Å². The Morgan fingerprint density at radius 3 is 2.67 bits per heavy atom. The van der Waals surface area contributed by atoms with Crippen molar-refractivity contribution in [1.82, 2.24) is 9.36 Å². The largest absolute Gasteiger partial charge is 0.277 e. The van der Waals surface area contributed by atoms with E-state index >= 15 is 0 Å². The molecule has 4 heteroatoms. The zero-order valence-corrected chi connectivity index (χ0v) is 11.2. The van der Waals surface area contributed by atoms with E-state index in [2.05, 4.69) is 13.8 Å². The summed E-state index contributed by atoms with van der Waals surface area (Å²) in [6.45, 7) is 4.97. The predicted octanol–water partition coefficient (Wildman–Crippen LogP) is 3.04. The Bertz CT molecular complexity index is 782. The average molecular weight is 258 g/mol. The van der Waals surface area contributed by atoms with Crippen molar-refractivity contribution in [1.29, 1.82) is 0 Å². The van der Waals surface area contributed by atoms with Crippen LogP contribution in [-0.4, -0.2) is 9.36 Å². The van der Waals surface area contributed by atoms with Gasteiger partial charge >= 0.3 is 0 Å². The number of fused-ring (bicyclic) bond motifs is 2. The van der Waals surface area contributed by atoms with Gasteiger partial charge < -0.3 is 0 Å².